The Hall–Kier alpha value is -2.27. The molecule has 2 nitrogen and oxygen atoms in total. The Morgan fingerprint density at radius 2 is 1.58 bits per heavy atom. The number of aryl methyl sites for hydroxylation is 3. The van der Waals surface area contributed by atoms with Crippen molar-refractivity contribution >= 4 is 5.69 Å². The lowest BCUT2D eigenvalue weighted by atomic mass is 10.00. The summed E-state index contributed by atoms with van der Waals surface area (Å²) in [7, 11) is 0. The number of nitrogens with one attached hydrogen (secondary N) is 1. The largest absolute Gasteiger partial charge is 0.381 e. The number of hydrogen-bond acceptors (Lipinski definition) is 2. The Morgan fingerprint density at radius 1 is 1.00 bits per heavy atom. The first-order chi connectivity index (χ1) is 9.10. The van der Waals surface area contributed by atoms with Crippen molar-refractivity contribution in [2.75, 3.05) is 5.32 Å². The summed E-state index contributed by atoms with van der Waals surface area (Å²) in [5, 5.41) is 12.2. The van der Waals surface area contributed by atoms with Crippen LogP contribution >= 0.6 is 0 Å². The van der Waals surface area contributed by atoms with Crippen LogP contribution in [0.25, 0.3) is 0 Å². The molecule has 0 aliphatic heterocycles. The number of benzene rings is 2. The van der Waals surface area contributed by atoms with Crippen molar-refractivity contribution in [2.45, 2.75) is 27.3 Å². The van der Waals surface area contributed by atoms with Crippen LogP contribution in [-0.2, 0) is 6.54 Å². The number of anilines is 1. The highest BCUT2D eigenvalue weighted by atomic mass is 14.9. The summed E-state index contributed by atoms with van der Waals surface area (Å²) in [6.07, 6.45) is 0. The van der Waals surface area contributed by atoms with Gasteiger partial charge in [0.15, 0.2) is 0 Å². The smallest absolute Gasteiger partial charge is 0.0991 e. The molecule has 0 saturated heterocycles. The van der Waals surface area contributed by atoms with Crippen molar-refractivity contribution in [3.05, 3.63) is 64.2 Å². The fourth-order valence-electron chi connectivity index (χ4n) is 2.34. The van der Waals surface area contributed by atoms with Gasteiger partial charge in [0.1, 0.15) is 0 Å². The van der Waals surface area contributed by atoms with Crippen molar-refractivity contribution < 1.29 is 0 Å². The second kappa shape index (κ2) is 5.58. The van der Waals surface area contributed by atoms with Gasteiger partial charge in [0, 0.05) is 12.2 Å². The maximum Gasteiger partial charge on any atom is 0.0991 e. The molecule has 0 unspecified atom stereocenters. The van der Waals surface area contributed by atoms with E-state index in [1.54, 1.807) is 0 Å². The zero-order valence-corrected chi connectivity index (χ0v) is 11.6. The van der Waals surface area contributed by atoms with E-state index in [0.717, 1.165) is 12.2 Å². The van der Waals surface area contributed by atoms with Crippen molar-refractivity contribution in [1.29, 1.82) is 5.26 Å². The minimum Gasteiger partial charge on any atom is -0.381 e. The lowest BCUT2D eigenvalue weighted by Gasteiger charge is -2.13. The summed E-state index contributed by atoms with van der Waals surface area (Å²) in [6, 6.07) is 14.1. The predicted molar refractivity (Wildman–Crippen MR) is 79.1 cm³/mol. The molecule has 96 valence electrons. The summed E-state index contributed by atoms with van der Waals surface area (Å²) in [4.78, 5) is 0. The standard InChI is InChI=1S/C17H18N2/c1-12-8-13(2)17(14(3)9-12)11-19-16-6-4-15(10-18)5-7-16/h4-9,19H,11H2,1-3H3. The molecule has 0 spiro atoms. The fourth-order valence-corrected chi connectivity index (χ4v) is 2.34. The first-order valence-corrected chi connectivity index (χ1v) is 6.41. The van der Waals surface area contributed by atoms with E-state index in [0.29, 0.717) is 5.56 Å². The molecule has 2 rings (SSSR count). The molecule has 0 fully saturated rings. The maximum absolute atomic E-state index is 8.76. The highest BCUT2D eigenvalue weighted by Crippen LogP contribution is 2.18. The third-order valence-electron chi connectivity index (χ3n) is 3.32. The van der Waals surface area contributed by atoms with Crippen LogP contribution < -0.4 is 5.32 Å². The number of nitriles is 1. The van der Waals surface area contributed by atoms with Gasteiger partial charge in [-0.05, 0) is 61.7 Å². The molecular formula is C17H18N2. The molecule has 0 aliphatic carbocycles. The molecule has 2 aromatic rings. The van der Waals surface area contributed by atoms with Gasteiger partial charge in [-0.15, -0.1) is 0 Å². The quantitative estimate of drug-likeness (QED) is 0.890. The van der Waals surface area contributed by atoms with Crippen LogP contribution in [0.4, 0.5) is 5.69 Å². The molecule has 2 aromatic carbocycles. The van der Waals surface area contributed by atoms with Crippen LogP contribution in [0.1, 0.15) is 27.8 Å². The minimum atomic E-state index is 0.688. The summed E-state index contributed by atoms with van der Waals surface area (Å²) in [6.45, 7) is 7.23. The zero-order valence-electron chi connectivity index (χ0n) is 11.6. The lowest BCUT2D eigenvalue weighted by molar-refractivity contribution is 1.08. The third kappa shape index (κ3) is 3.14. The Morgan fingerprint density at radius 3 is 2.11 bits per heavy atom. The van der Waals surface area contributed by atoms with E-state index >= 15 is 0 Å². The topological polar surface area (TPSA) is 35.8 Å². The van der Waals surface area contributed by atoms with E-state index in [1.165, 1.54) is 22.3 Å². The van der Waals surface area contributed by atoms with Gasteiger partial charge >= 0.3 is 0 Å². The van der Waals surface area contributed by atoms with Gasteiger partial charge < -0.3 is 5.32 Å². The molecule has 0 heterocycles. The number of nitrogens with zero attached hydrogens (tertiary/aromatic N) is 1. The van der Waals surface area contributed by atoms with Crippen LogP contribution in [0.3, 0.4) is 0 Å². The average molecular weight is 250 g/mol. The number of hydrogen-bond donors (Lipinski definition) is 1. The molecule has 0 atom stereocenters. The van der Waals surface area contributed by atoms with Gasteiger partial charge in [0.05, 0.1) is 11.6 Å². The monoisotopic (exact) mass is 250 g/mol. The summed E-state index contributed by atoms with van der Waals surface area (Å²) in [5.74, 6) is 0. The molecular weight excluding hydrogens is 232 g/mol. The molecule has 0 aromatic heterocycles. The van der Waals surface area contributed by atoms with Crippen molar-refractivity contribution in [1.82, 2.24) is 0 Å². The molecule has 1 N–H and O–H groups in total. The van der Waals surface area contributed by atoms with E-state index in [9.17, 15) is 0 Å². The first-order valence-electron chi connectivity index (χ1n) is 6.41. The lowest BCUT2D eigenvalue weighted by Crippen LogP contribution is -2.04. The third-order valence-corrected chi connectivity index (χ3v) is 3.32. The summed E-state index contributed by atoms with van der Waals surface area (Å²) in [5.41, 5.74) is 7.01. The fraction of sp³-hybridized carbons (Fsp3) is 0.235. The van der Waals surface area contributed by atoms with Crippen LogP contribution in [0.5, 0.6) is 0 Å². The van der Waals surface area contributed by atoms with Crippen molar-refractivity contribution in [3.63, 3.8) is 0 Å². The maximum atomic E-state index is 8.76. The van der Waals surface area contributed by atoms with Gasteiger partial charge in [0.2, 0.25) is 0 Å². The van der Waals surface area contributed by atoms with Gasteiger partial charge in [-0.2, -0.15) is 5.26 Å². The zero-order chi connectivity index (χ0) is 13.8. The second-order valence-corrected chi connectivity index (χ2v) is 4.92. The summed E-state index contributed by atoms with van der Waals surface area (Å²) >= 11 is 0. The first kappa shape index (κ1) is 13.2. The van der Waals surface area contributed by atoms with Crippen LogP contribution in [0.2, 0.25) is 0 Å². The molecule has 0 saturated carbocycles. The van der Waals surface area contributed by atoms with Gasteiger partial charge in [0.25, 0.3) is 0 Å². The van der Waals surface area contributed by atoms with E-state index < -0.39 is 0 Å². The Labute approximate surface area is 114 Å². The Bertz CT molecular complexity index is 596. The van der Waals surface area contributed by atoms with Crippen molar-refractivity contribution in [3.8, 4) is 6.07 Å². The Kier molecular flexibility index (Phi) is 3.87. The SMILES string of the molecule is Cc1cc(C)c(CNc2ccc(C#N)cc2)c(C)c1. The average Bonchev–Trinajstić information content (AvgIpc) is 2.38. The van der Waals surface area contributed by atoms with E-state index in [2.05, 4.69) is 44.3 Å². The van der Waals surface area contributed by atoms with E-state index in [4.69, 9.17) is 5.26 Å². The van der Waals surface area contributed by atoms with Gasteiger partial charge in [-0.3, -0.25) is 0 Å². The molecule has 0 radical (unpaired) electrons. The van der Waals surface area contributed by atoms with E-state index in [-0.39, 0.29) is 0 Å². The predicted octanol–water partition coefficient (Wildman–Crippen LogP) is 4.10. The highest BCUT2D eigenvalue weighted by Gasteiger charge is 2.03. The van der Waals surface area contributed by atoms with Crippen LogP contribution in [0, 0.1) is 32.1 Å². The molecule has 2 heteroatoms. The van der Waals surface area contributed by atoms with Crippen LogP contribution in [-0.4, -0.2) is 0 Å². The number of rotatable bonds is 3. The summed E-state index contributed by atoms with van der Waals surface area (Å²) < 4.78 is 0. The molecule has 0 bridgehead atoms. The molecule has 19 heavy (non-hydrogen) atoms. The minimum absolute atomic E-state index is 0.688. The molecule has 0 aliphatic rings. The van der Waals surface area contributed by atoms with Crippen LogP contribution in [0.15, 0.2) is 36.4 Å². The highest BCUT2D eigenvalue weighted by molar-refractivity contribution is 5.49. The van der Waals surface area contributed by atoms with Gasteiger partial charge in [-0.25, -0.2) is 0 Å². The normalized spacial score (nSPS) is 10.0. The Balaban J connectivity index is 2.12. The molecule has 0 amide bonds. The second-order valence-electron chi connectivity index (χ2n) is 4.92. The van der Waals surface area contributed by atoms with Crippen molar-refractivity contribution in [2.24, 2.45) is 0 Å². The van der Waals surface area contributed by atoms with Gasteiger partial charge in [-0.1, -0.05) is 17.7 Å². The van der Waals surface area contributed by atoms with E-state index in [1.807, 2.05) is 24.3 Å².